The van der Waals surface area contributed by atoms with Gasteiger partial charge in [0.2, 0.25) is 5.91 Å². The summed E-state index contributed by atoms with van der Waals surface area (Å²) in [6.45, 7) is 3.00. The van der Waals surface area contributed by atoms with E-state index in [9.17, 15) is 19.8 Å². The number of benzene rings is 1. The molecule has 218 valence electrons. The second-order valence-electron chi connectivity index (χ2n) is 11.1. The maximum Gasteiger partial charge on any atom is 0.312 e. The number of amides is 1. The quantitative estimate of drug-likeness (QED) is 0.525. The smallest absolute Gasteiger partial charge is 0.312 e. The van der Waals surface area contributed by atoms with E-state index in [0.717, 1.165) is 43.8 Å². The summed E-state index contributed by atoms with van der Waals surface area (Å²) >= 11 is 0. The fourth-order valence-electron chi connectivity index (χ4n) is 5.78. The van der Waals surface area contributed by atoms with Crippen LogP contribution >= 0.6 is 0 Å². The van der Waals surface area contributed by atoms with Crippen LogP contribution in [0.3, 0.4) is 0 Å². The van der Waals surface area contributed by atoms with Crippen molar-refractivity contribution in [1.82, 2.24) is 14.8 Å². The van der Waals surface area contributed by atoms with Crippen LogP contribution in [-0.2, 0) is 27.3 Å². The van der Waals surface area contributed by atoms with Gasteiger partial charge in [-0.15, -0.1) is 0 Å². The number of piperidine rings is 1. The van der Waals surface area contributed by atoms with E-state index < -0.39 is 17.6 Å². The molecule has 0 radical (unpaired) electrons. The number of nitrogens with zero attached hydrogens (tertiary/aromatic N) is 3. The number of para-hydroxylation sites is 1. The summed E-state index contributed by atoms with van der Waals surface area (Å²) in [6.07, 6.45) is 5.99. The molecule has 2 N–H and O–H groups in total. The Hall–Kier alpha value is -3.01. The van der Waals surface area contributed by atoms with Gasteiger partial charge in [0.1, 0.15) is 18.5 Å². The van der Waals surface area contributed by atoms with E-state index in [2.05, 4.69) is 9.88 Å². The first kappa shape index (κ1) is 30.0. The average molecular weight is 554 g/mol. The lowest BCUT2D eigenvalue weighted by atomic mass is 9.74. The number of aliphatic hydroxyl groups excluding tert-OH is 2. The molecule has 2 atom stereocenters. The molecule has 40 heavy (non-hydrogen) atoms. The third-order valence-corrected chi connectivity index (χ3v) is 8.41. The highest BCUT2D eigenvalue weighted by atomic mass is 16.5. The Bertz CT molecular complexity index is 1090. The molecule has 1 spiro atoms. The van der Waals surface area contributed by atoms with Crippen LogP contribution in [0.25, 0.3) is 0 Å². The van der Waals surface area contributed by atoms with Crippen LogP contribution in [0.1, 0.15) is 56.1 Å². The van der Waals surface area contributed by atoms with Gasteiger partial charge in [0, 0.05) is 38.4 Å². The van der Waals surface area contributed by atoms with Crippen LogP contribution in [0.15, 0.2) is 48.8 Å². The second kappa shape index (κ2) is 14.6. The molecule has 0 unspecified atom stereocenters. The first-order valence-electron chi connectivity index (χ1n) is 14.4. The molecule has 3 heterocycles. The standard InChI is InChI=1S/C31H43N3O6/c1-39-28-7-3-2-6-25(28)8-9-29(37)34-18-5-4-13-31(30(38)40-23-27(36)26(35)12-19-34)14-20-33(21-15-31)22-24-10-16-32-17-11-24/h2-3,6-7,10-11,16-17,26-27,35-36H,4-5,8-9,12-15,18-23H2,1H3/t26-,27+/m0/s1. The minimum Gasteiger partial charge on any atom is -0.496 e. The van der Waals surface area contributed by atoms with E-state index in [0.29, 0.717) is 45.2 Å². The number of aliphatic hydroxyl groups is 2. The number of methoxy groups -OCH3 is 1. The number of carbonyl (C=O) groups is 2. The highest BCUT2D eigenvalue weighted by molar-refractivity contribution is 5.77. The van der Waals surface area contributed by atoms with Crippen LogP contribution in [0, 0.1) is 5.41 Å². The highest BCUT2D eigenvalue weighted by Crippen LogP contribution is 2.38. The number of carbonyl (C=O) groups excluding carboxylic acids is 2. The molecule has 0 bridgehead atoms. The Kier molecular flexibility index (Phi) is 10.9. The normalized spacial score (nSPS) is 23.0. The number of cyclic esters (lactones) is 1. The van der Waals surface area contributed by atoms with Gasteiger partial charge in [-0.2, -0.15) is 0 Å². The fourth-order valence-corrected chi connectivity index (χ4v) is 5.78. The van der Waals surface area contributed by atoms with Crippen molar-refractivity contribution in [2.75, 3.05) is 39.9 Å². The summed E-state index contributed by atoms with van der Waals surface area (Å²) in [4.78, 5) is 34.8. The molecule has 1 aromatic carbocycles. The van der Waals surface area contributed by atoms with Crippen LogP contribution in [0.2, 0.25) is 0 Å². The van der Waals surface area contributed by atoms with Crippen molar-refractivity contribution in [2.24, 2.45) is 5.41 Å². The molecular formula is C31H43N3O6. The largest absolute Gasteiger partial charge is 0.496 e. The van der Waals surface area contributed by atoms with E-state index in [1.807, 2.05) is 36.4 Å². The first-order chi connectivity index (χ1) is 19.4. The van der Waals surface area contributed by atoms with Crippen molar-refractivity contribution in [1.29, 1.82) is 0 Å². The van der Waals surface area contributed by atoms with E-state index in [1.165, 1.54) is 5.56 Å². The minimum absolute atomic E-state index is 0.00827. The molecule has 0 saturated carbocycles. The zero-order valence-electron chi connectivity index (χ0n) is 23.5. The average Bonchev–Trinajstić information content (AvgIpc) is 2.99. The molecule has 4 rings (SSSR count). The number of esters is 1. The molecule has 2 aliphatic heterocycles. The number of aryl methyl sites for hydroxylation is 1. The Morgan fingerprint density at radius 3 is 2.52 bits per heavy atom. The summed E-state index contributed by atoms with van der Waals surface area (Å²) in [6, 6.07) is 11.7. The monoisotopic (exact) mass is 553 g/mol. The highest BCUT2D eigenvalue weighted by Gasteiger charge is 2.42. The number of pyridine rings is 1. The lowest BCUT2D eigenvalue weighted by Gasteiger charge is -2.40. The molecule has 2 aromatic rings. The van der Waals surface area contributed by atoms with Crippen molar-refractivity contribution >= 4 is 11.9 Å². The second-order valence-corrected chi connectivity index (χ2v) is 11.1. The zero-order chi connectivity index (χ0) is 28.4. The molecule has 0 aliphatic carbocycles. The molecule has 2 fully saturated rings. The number of hydrogen-bond acceptors (Lipinski definition) is 8. The molecule has 1 aromatic heterocycles. The Labute approximate surface area is 237 Å². The summed E-state index contributed by atoms with van der Waals surface area (Å²) < 4.78 is 11.0. The Balaban J connectivity index is 1.38. The van der Waals surface area contributed by atoms with Crippen LogP contribution in [0.5, 0.6) is 5.75 Å². The summed E-state index contributed by atoms with van der Waals surface area (Å²) in [7, 11) is 1.62. The van der Waals surface area contributed by atoms with Crippen molar-refractivity contribution in [3.05, 3.63) is 59.9 Å². The number of aromatic nitrogens is 1. The van der Waals surface area contributed by atoms with E-state index in [-0.39, 0.29) is 24.9 Å². The van der Waals surface area contributed by atoms with Gasteiger partial charge in [0.25, 0.3) is 0 Å². The van der Waals surface area contributed by atoms with Crippen LogP contribution < -0.4 is 4.74 Å². The van der Waals surface area contributed by atoms with Gasteiger partial charge in [-0.1, -0.05) is 24.6 Å². The van der Waals surface area contributed by atoms with Crippen LogP contribution in [-0.4, -0.2) is 89.0 Å². The molecule has 9 heteroatoms. The van der Waals surface area contributed by atoms with Crippen molar-refractivity contribution in [2.45, 2.75) is 70.1 Å². The third kappa shape index (κ3) is 8.02. The van der Waals surface area contributed by atoms with E-state index >= 15 is 0 Å². The van der Waals surface area contributed by atoms with Crippen molar-refractivity contribution in [3.8, 4) is 5.75 Å². The molecule has 2 aliphatic rings. The molecular weight excluding hydrogens is 510 g/mol. The SMILES string of the molecule is COc1ccccc1CCC(=O)N1CCCCC2(CCN(Cc3ccncc3)CC2)C(=O)OC[C@@H](O)[C@@H](O)CC1. The van der Waals surface area contributed by atoms with E-state index in [4.69, 9.17) is 9.47 Å². The number of rotatable bonds is 6. The summed E-state index contributed by atoms with van der Waals surface area (Å²) in [5, 5.41) is 21.1. The zero-order valence-corrected chi connectivity index (χ0v) is 23.5. The maximum absolute atomic E-state index is 13.3. The molecule has 9 nitrogen and oxygen atoms in total. The molecule has 2 saturated heterocycles. The maximum atomic E-state index is 13.3. The number of hydrogen-bond donors (Lipinski definition) is 2. The van der Waals surface area contributed by atoms with Gasteiger partial charge in [-0.3, -0.25) is 19.5 Å². The van der Waals surface area contributed by atoms with Gasteiger partial charge < -0.3 is 24.6 Å². The van der Waals surface area contributed by atoms with Crippen molar-refractivity contribution in [3.63, 3.8) is 0 Å². The first-order valence-corrected chi connectivity index (χ1v) is 14.4. The summed E-state index contributed by atoms with van der Waals surface area (Å²) in [5.41, 5.74) is 1.55. The van der Waals surface area contributed by atoms with Crippen LogP contribution in [0.4, 0.5) is 0 Å². The third-order valence-electron chi connectivity index (χ3n) is 8.41. The van der Waals surface area contributed by atoms with Crippen molar-refractivity contribution < 1.29 is 29.3 Å². The lowest BCUT2D eigenvalue weighted by Crippen LogP contribution is -2.45. The fraction of sp³-hybridized carbons (Fsp3) is 0.581. The van der Waals surface area contributed by atoms with Gasteiger partial charge in [0.05, 0.1) is 18.6 Å². The number of likely N-dealkylation sites (tertiary alicyclic amines) is 1. The van der Waals surface area contributed by atoms with Gasteiger partial charge in [0.15, 0.2) is 0 Å². The number of ether oxygens (including phenoxy) is 2. The summed E-state index contributed by atoms with van der Waals surface area (Å²) in [5.74, 6) is 0.487. The van der Waals surface area contributed by atoms with Gasteiger partial charge >= 0.3 is 5.97 Å². The van der Waals surface area contributed by atoms with Gasteiger partial charge in [-0.05, 0) is 80.9 Å². The minimum atomic E-state index is -1.20. The predicted molar refractivity (Wildman–Crippen MR) is 151 cm³/mol. The lowest BCUT2D eigenvalue weighted by molar-refractivity contribution is -0.165. The molecule has 1 amide bonds. The topological polar surface area (TPSA) is 112 Å². The van der Waals surface area contributed by atoms with Gasteiger partial charge in [-0.25, -0.2) is 0 Å². The van der Waals surface area contributed by atoms with E-state index in [1.54, 1.807) is 24.4 Å². The Morgan fingerprint density at radius 2 is 1.77 bits per heavy atom. The Morgan fingerprint density at radius 1 is 1.02 bits per heavy atom. The predicted octanol–water partition coefficient (Wildman–Crippen LogP) is 2.97.